The van der Waals surface area contributed by atoms with E-state index in [-0.39, 0.29) is 13.2 Å². The second kappa shape index (κ2) is 6.60. The van der Waals surface area contributed by atoms with Gasteiger partial charge in [0.15, 0.2) is 0 Å². The Balaban J connectivity index is 1.90. The first-order valence-electron chi connectivity index (χ1n) is 7.15. The van der Waals surface area contributed by atoms with Crippen molar-refractivity contribution < 1.29 is 19.0 Å². The first-order valence-corrected chi connectivity index (χ1v) is 8.38. The minimum Gasteiger partial charge on any atom is -0.441 e. The van der Waals surface area contributed by atoms with E-state index in [1.165, 1.54) is 11.0 Å². The van der Waals surface area contributed by atoms with Gasteiger partial charge in [0.2, 0.25) is 0 Å². The van der Waals surface area contributed by atoms with E-state index in [9.17, 15) is 9.18 Å². The largest absolute Gasteiger partial charge is 0.441 e. The van der Waals surface area contributed by atoms with Gasteiger partial charge >= 0.3 is 6.09 Å². The van der Waals surface area contributed by atoms with Crippen LogP contribution >= 0.6 is 11.8 Å². The highest BCUT2D eigenvalue weighted by atomic mass is 32.2. The summed E-state index contributed by atoms with van der Waals surface area (Å²) in [6.45, 7) is -0.0274. The Morgan fingerprint density at radius 3 is 2.83 bits per heavy atom. The van der Waals surface area contributed by atoms with Crippen LogP contribution < -0.4 is 4.90 Å². The minimum absolute atomic E-state index is 0.218. The van der Waals surface area contributed by atoms with Crippen LogP contribution in [0.25, 0.3) is 11.1 Å². The van der Waals surface area contributed by atoms with Crippen LogP contribution in [0.3, 0.4) is 0 Å². The van der Waals surface area contributed by atoms with Crippen molar-refractivity contribution in [2.75, 3.05) is 24.3 Å². The van der Waals surface area contributed by atoms with E-state index in [1.54, 1.807) is 23.9 Å². The van der Waals surface area contributed by atoms with Crippen LogP contribution in [-0.2, 0) is 4.74 Å². The number of aliphatic hydroxyl groups excluding tert-OH is 1. The Labute approximate surface area is 137 Å². The molecule has 1 atom stereocenters. The van der Waals surface area contributed by atoms with E-state index < -0.39 is 18.0 Å². The average molecular weight is 333 g/mol. The standard InChI is InChI=1S/C17H16FNO3S/c1-23-14-4-2-3-11(7-14)15-6-5-12(8-16(15)18)19-9-13(10-20)22-17(19)21/h2-8,13,20H,9-10H2,1H3/t13-/m1/s1. The molecule has 1 amide bonds. The van der Waals surface area contributed by atoms with Gasteiger partial charge in [0.1, 0.15) is 11.9 Å². The summed E-state index contributed by atoms with van der Waals surface area (Å²) in [5, 5.41) is 9.07. The Morgan fingerprint density at radius 1 is 1.35 bits per heavy atom. The first kappa shape index (κ1) is 15.8. The molecule has 0 bridgehead atoms. The van der Waals surface area contributed by atoms with Gasteiger partial charge in [-0.25, -0.2) is 9.18 Å². The van der Waals surface area contributed by atoms with Crippen LogP contribution in [0.4, 0.5) is 14.9 Å². The Hall–Kier alpha value is -2.05. The van der Waals surface area contributed by atoms with Crippen molar-refractivity contribution in [3.8, 4) is 11.1 Å². The number of cyclic esters (lactones) is 1. The fourth-order valence-electron chi connectivity index (χ4n) is 2.52. The monoisotopic (exact) mass is 333 g/mol. The second-order valence-electron chi connectivity index (χ2n) is 5.20. The fraction of sp³-hybridized carbons (Fsp3) is 0.235. The Kier molecular flexibility index (Phi) is 4.54. The van der Waals surface area contributed by atoms with E-state index in [2.05, 4.69) is 0 Å². The quantitative estimate of drug-likeness (QED) is 0.870. The summed E-state index contributed by atoms with van der Waals surface area (Å²) >= 11 is 1.59. The van der Waals surface area contributed by atoms with Crippen LogP contribution in [0.15, 0.2) is 47.4 Å². The lowest BCUT2D eigenvalue weighted by Crippen LogP contribution is -2.25. The molecule has 1 heterocycles. The van der Waals surface area contributed by atoms with Crippen LogP contribution in [0.1, 0.15) is 0 Å². The minimum atomic E-state index is -0.569. The van der Waals surface area contributed by atoms with Gasteiger partial charge in [-0.05, 0) is 42.2 Å². The van der Waals surface area contributed by atoms with Gasteiger partial charge in [0.05, 0.1) is 18.8 Å². The van der Waals surface area contributed by atoms with Crippen molar-refractivity contribution in [3.05, 3.63) is 48.3 Å². The molecule has 4 nitrogen and oxygen atoms in total. The molecule has 2 aromatic rings. The van der Waals surface area contributed by atoms with Crippen LogP contribution in [-0.4, -0.2) is 36.7 Å². The highest BCUT2D eigenvalue weighted by Crippen LogP contribution is 2.30. The number of carbonyl (C=O) groups is 1. The molecule has 0 unspecified atom stereocenters. The summed E-state index contributed by atoms with van der Waals surface area (Å²) in [7, 11) is 0. The van der Waals surface area contributed by atoms with Gasteiger partial charge in [-0.15, -0.1) is 11.8 Å². The third kappa shape index (κ3) is 3.18. The number of halogens is 1. The highest BCUT2D eigenvalue weighted by Gasteiger charge is 2.32. The highest BCUT2D eigenvalue weighted by molar-refractivity contribution is 7.98. The van der Waals surface area contributed by atoms with E-state index >= 15 is 0 Å². The molecule has 3 rings (SSSR count). The van der Waals surface area contributed by atoms with Crippen molar-refractivity contribution in [1.82, 2.24) is 0 Å². The van der Waals surface area contributed by atoms with Crippen molar-refractivity contribution in [3.63, 3.8) is 0 Å². The summed E-state index contributed by atoms with van der Waals surface area (Å²) in [5.41, 5.74) is 1.70. The number of hydrogen-bond acceptors (Lipinski definition) is 4. The lowest BCUT2D eigenvalue weighted by molar-refractivity contribution is 0.0963. The molecule has 1 aliphatic rings. The maximum Gasteiger partial charge on any atom is 0.414 e. The maximum absolute atomic E-state index is 14.5. The van der Waals surface area contributed by atoms with E-state index in [1.807, 2.05) is 30.5 Å². The van der Waals surface area contributed by atoms with Gasteiger partial charge in [-0.1, -0.05) is 12.1 Å². The maximum atomic E-state index is 14.5. The molecule has 1 N–H and O–H groups in total. The molecule has 2 aromatic carbocycles. The lowest BCUT2D eigenvalue weighted by Gasteiger charge is -2.14. The first-order chi connectivity index (χ1) is 11.1. The van der Waals surface area contributed by atoms with Gasteiger partial charge in [-0.3, -0.25) is 4.90 Å². The van der Waals surface area contributed by atoms with Gasteiger partial charge in [0.25, 0.3) is 0 Å². The molecule has 0 spiro atoms. The van der Waals surface area contributed by atoms with Crippen LogP contribution in [0, 0.1) is 5.82 Å². The molecular weight excluding hydrogens is 317 g/mol. The molecule has 1 saturated heterocycles. The number of benzene rings is 2. The molecular formula is C17H16FNO3S. The SMILES string of the molecule is CSc1cccc(-c2ccc(N3C[C@H](CO)OC3=O)cc2F)c1. The fourth-order valence-corrected chi connectivity index (χ4v) is 2.98. The van der Waals surface area contributed by atoms with E-state index in [0.29, 0.717) is 11.3 Å². The van der Waals surface area contributed by atoms with Crippen molar-refractivity contribution in [1.29, 1.82) is 0 Å². The number of carbonyl (C=O) groups excluding carboxylic acids is 1. The van der Waals surface area contributed by atoms with Gasteiger partial charge in [0, 0.05) is 10.5 Å². The van der Waals surface area contributed by atoms with Crippen LogP contribution in [0.5, 0.6) is 0 Å². The normalized spacial score (nSPS) is 17.4. The summed E-state index contributed by atoms with van der Waals surface area (Å²) in [5.74, 6) is -0.402. The second-order valence-corrected chi connectivity index (χ2v) is 6.07. The van der Waals surface area contributed by atoms with Gasteiger partial charge < -0.3 is 9.84 Å². The van der Waals surface area contributed by atoms with Crippen molar-refractivity contribution in [2.24, 2.45) is 0 Å². The zero-order valence-corrected chi connectivity index (χ0v) is 13.3. The number of amides is 1. The van der Waals surface area contributed by atoms with Crippen LogP contribution in [0.2, 0.25) is 0 Å². The number of aliphatic hydroxyl groups is 1. The number of anilines is 1. The Morgan fingerprint density at radius 2 is 2.17 bits per heavy atom. The molecule has 0 saturated carbocycles. The lowest BCUT2D eigenvalue weighted by atomic mass is 10.0. The predicted molar refractivity (Wildman–Crippen MR) is 88.3 cm³/mol. The number of rotatable bonds is 4. The molecule has 0 aromatic heterocycles. The average Bonchev–Trinajstić information content (AvgIpc) is 2.96. The zero-order valence-electron chi connectivity index (χ0n) is 12.5. The van der Waals surface area contributed by atoms with E-state index in [0.717, 1.165) is 10.5 Å². The third-order valence-electron chi connectivity index (χ3n) is 3.72. The summed E-state index contributed by atoms with van der Waals surface area (Å²) in [6, 6.07) is 12.3. The topological polar surface area (TPSA) is 49.8 Å². The number of ether oxygens (including phenoxy) is 1. The summed E-state index contributed by atoms with van der Waals surface area (Å²) in [4.78, 5) is 14.1. The molecule has 23 heavy (non-hydrogen) atoms. The Bertz CT molecular complexity index is 738. The summed E-state index contributed by atoms with van der Waals surface area (Å²) in [6.07, 6.45) is 0.832. The molecule has 1 aliphatic heterocycles. The molecule has 0 aliphatic carbocycles. The molecule has 120 valence electrons. The van der Waals surface area contributed by atoms with E-state index in [4.69, 9.17) is 9.84 Å². The number of thioether (sulfide) groups is 1. The smallest absolute Gasteiger partial charge is 0.414 e. The van der Waals surface area contributed by atoms with Crippen molar-refractivity contribution >= 4 is 23.5 Å². The van der Waals surface area contributed by atoms with Crippen molar-refractivity contribution in [2.45, 2.75) is 11.0 Å². The van der Waals surface area contributed by atoms with Gasteiger partial charge in [-0.2, -0.15) is 0 Å². The molecule has 0 radical (unpaired) electrons. The zero-order chi connectivity index (χ0) is 16.4. The third-order valence-corrected chi connectivity index (χ3v) is 4.45. The number of hydrogen-bond donors (Lipinski definition) is 1. The molecule has 6 heteroatoms. The molecule has 1 fully saturated rings. The number of nitrogens with zero attached hydrogens (tertiary/aromatic N) is 1. The summed E-state index contributed by atoms with van der Waals surface area (Å²) < 4.78 is 19.5. The predicted octanol–water partition coefficient (Wildman–Crippen LogP) is 3.53.